The molecular formula is C17H20OS. The molecule has 2 heteroatoms. The number of aliphatic hydroxyl groups is 1. The molecule has 1 aliphatic rings. The van der Waals surface area contributed by atoms with Crippen LogP contribution in [0.1, 0.15) is 25.8 Å². The van der Waals surface area contributed by atoms with Crippen molar-refractivity contribution in [3.63, 3.8) is 0 Å². The van der Waals surface area contributed by atoms with E-state index in [-0.39, 0.29) is 5.41 Å². The summed E-state index contributed by atoms with van der Waals surface area (Å²) in [5, 5.41) is 13.6. The van der Waals surface area contributed by atoms with Crippen molar-refractivity contribution in [1.82, 2.24) is 0 Å². The first-order chi connectivity index (χ1) is 9.00. The fraction of sp³-hybridized carbons (Fsp3) is 0.412. The zero-order chi connectivity index (χ0) is 13.5. The van der Waals surface area contributed by atoms with Gasteiger partial charge in [-0.05, 0) is 33.9 Å². The Balaban J connectivity index is 2.13. The molecule has 19 heavy (non-hydrogen) atoms. The first-order valence-electron chi connectivity index (χ1n) is 6.79. The summed E-state index contributed by atoms with van der Waals surface area (Å²) in [4.78, 5) is 0. The van der Waals surface area contributed by atoms with E-state index in [4.69, 9.17) is 0 Å². The van der Waals surface area contributed by atoms with Crippen LogP contribution in [0.25, 0.3) is 10.8 Å². The lowest BCUT2D eigenvalue weighted by Crippen LogP contribution is -2.40. The monoisotopic (exact) mass is 272 g/mol. The number of fused-ring (bicyclic) bond motifs is 1. The van der Waals surface area contributed by atoms with Gasteiger partial charge in [-0.2, -0.15) is 11.8 Å². The van der Waals surface area contributed by atoms with Gasteiger partial charge in [-0.1, -0.05) is 56.3 Å². The Kier molecular flexibility index (Phi) is 3.11. The third-order valence-electron chi connectivity index (χ3n) is 3.90. The quantitative estimate of drug-likeness (QED) is 0.840. The lowest BCUT2D eigenvalue weighted by Gasteiger charge is -2.41. The summed E-state index contributed by atoms with van der Waals surface area (Å²) < 4.78 is 0. The van der Waals surface area contributed by atoms with Gasteiger partial charge in [0, 0.05) is 5.75 Å². The minimum absolute atomic E-state index is 0.189. The van der Waals surface area contributed by atoms with Crippen molar-refractivity contribution in [2.45, 2.75) is 25.9 Å². The Morgan fingerprint density at radius 3 is 2.53 bits per heavy atom. The van der Waals surface area contributed by atoms with E-state index in [1.807, 2.05) is 11.8 Å². The van der Waals surface area contributed by atoms with E-state index in [1.54, 1.807) is 0 Å². The molecule has 0 aliphatic carbocycles. The zero-order valence-corrected chi connectivity index (χ0v) is 12.3. The predicted octanol–water partition coefficient (Wildman–Crippen LogP) is 4.19. The van der Waals surface area contributed by atoms with Crippen molar-refractivity contribution in [3.05, 3.63) is 48.0 Å². The molecule has 2 aromatic rings. The maximum atomic E-state index is 11.2. The Labute approximate surface area is 119 Å². The minimum atomic E-state index is -0.701. The third kappa shape index (κ3) is 2.39. The summed E-state index contributed by atoms with van der Waals surface area (Å²) in [5.74, 6) is 1.92. The highest BCUT2D eigenvalue weighted by Crippen LogP contribution is 2.45. The van der Waals surface area contributed by atoms with Crippen molar-refractivity contribution in [1.29, 1.82) is 0 Å². The Hall–Kier alpha value is -0.990. The lowest BCUT2D eigenvalue weighted by atomic mass is 9.77. The first kappa shape index (κ1) is 13.0. The van der Waals surface area contributed by atoms with Crippen LogP contribution < -0.4 is 0 Å². The number of thioether (sulfide) groups is 1. The smallest absolute Gasteiger partial charge is 0.0997 e. The number of rotatable bonds is 1. The van der Waals surface area contributed by atoms with Crippen LogP contribution in [-0.2, 0) is 5.60 Å². The molecular weight excluding hydrogens is 252 g/mol. The Bertz CT molecular complexity index is 600. The number of benzene rings is 2. The summed E-state index contributed by atoms with van der Waals surface area (Å²) >= 11 is 1.86. The van der Waals surface area contributed by atoms with Gasteiger partial charge in [-0.25, -0.2) is 0 Å². The van der Waals surface area contributed by atoms with Crippen LogP contribution in [-0.4, -0.2) is 16.6 Å². The standard InChI is InChI=1S/C17H20OS/c1-16(2)10-17(18,12-19-11-16)15-9-5-7-13-6-3-4-8-14(13)15/h3-9,18H,10-12H2,1-2H3. The van der Waals surface area contributed by atoms with Gasteiger partial charge in [0.2, 0.25) is 0 Å². The van der Waals surface area contributed by atoms with Gasteiger partial charge < -0.3 is 5.11 Å². The van der Waals surface area contributed by atoms with Crippen molar-refractivity contribution in [2.24, 2.45) is 5.41 Å². The summed E-state index contributed by atoms with van der Waals surface area (Å²) in [6, 6.07) is 14.6. The molecule has 1 N–H and O–H groups in total. The topological polar surface area (TPSA) is 20.2 Å². The van der Waals surface area contributed by atoms with E-state index >= 15 is 0 Å². The molecule has 0 amide bonds. The summed E-state index contributed by atoms with van der Waals surface area (Å²) in [6.07, 6.45) is 0.834. The fourth-order valence-corrected chi connectivity index (χ4v) is 4.55. The molecule has 3 rings (SSSR count). The van der Waals surface area contributed by atoms with E-state index in [0.717, 1.165) is 23.5 Å². The summed E-state index contributed by atoms with van der Waals surface area (Å²) in [5.41, 5.74) is 0.577. The average molecular weight is 272 g/mol. The SMILES string of the molecule is CC1(C)CSCC(O)(c2cccc3ccccc23)C1. The lowest BCUT2D eigenvalue weighted by molar-refractivity contribution is 0.0170. The van der Waals surface area contributed by atoms with Crippen LogP contribution in [0.3, 0.4) is 0 Å². The molecule has 1 saturated heterocycles. The molecule has 0 aromatic heterocycles. The molecule has 0 spiro atoms. The molecule has 0 radical (unpaired) electrons. The number of hydrogen-bond acceptors (Lipinski definition) is 2. The third-order valence-corrected chi connectivity index (χ3v) is 5.56. The highest BCUT2D eigenvalue weighted by molar-refractivity contribution is 7.99. The van der Waals surface area contributed by atoms with Crippen LogP contribution >= 0.6 is 11.8 Å². The van der Waals surface area contributed by atoms with Crippen molar-refractivity contribution in [2.75, 3.05) is 11.5 Å². The van der Waals surface area contributed by atoms with Crippen molar-refractivity contribution in [3.8, 4) is 0 Å². The van der Waals surface area contributed by atoms with E-state index < -0.39 is 5.60 Å². The fourth-order valence-electron chi connectivity index (χ4n) is 3.19. The van der Waals surface area contributed by atoms with Crippen LogP contribution in [0.5, 0.6) is 0 Å². The number of hydrogen-bond donors (Lipinski definition) is 1. The van der Waals surface area contributed by atoms with E-state index in [1.165, 1.54) is 10.8 Å². The van der Waals surface area contributed by atoms with Gasteiger partial charge in [0.1, 0.15) is 0 Å². The minimum Gasteiger partial charge on any atom is -0.384 e. The van der Waals surface area contributed by atoms with Crippen LogP contribution in [0.2, 0.25) is 0 Å². The van der Waals surface area contributed by atoms with Gasteiger partial charge >= 0.3 is 0 Å². The molecule has 1 heterocycles. The molecule has 100 valence electrons. The first-order valence-corrected chi connectivity index (χ1v) is 7.94. The van der Waals surface area contributed by atoms with Crippen LogP contribution in [0.4, 0.5) is 0 Å². The molecule has 1 aliphatic heterocycles. The van der Waals surface area contributed by atoms with Crippen molar-refractivity contribution >= 4 is 22.5 Å². The van der Waals surface area contributed by atoms with Crippen LogP contribution in [0, 0.1) is 5.41 Å². The molecule has 0 saturated carbocycles. The Morgan fingerprint density at radius 1 is 1.00 bits per heavy atom. The second-order valence-electron chi connectivity index (χ2n) is 6.39. The van der Waals surface area contributed by atoms with E-state index in [9.17, 15) is 5.11 Å². The summed E-state index contributed by atoms with van der Waals surface area (Å²) in [7, 11) is 0. The second-order valence-corrected chi connectivity index (χ2v) is 7.38. The summed E-state index contributed by atoms with van der Waals surface area (Å²) in [6.45, 7) is 4.49. The highest BCUT2D eigenvalue weighted by atomic mass is 32.2. The van der Waals surface area contributed by atoms with Gasteiger partial charge in [0.25, 0.3) is 0 Å². The Morgan fingerprint density at radius 2 is 1.74 bits per heavy atom. The largest absolute Gasteiger partial charge is 0.384 e. The van der Waals surface area contributed by atoms with E-state index in [0.29, 0.717) is 0 Å². The van der Waals surface area contributed by atoms with Crippen molar-refractivity contribution < 1.29 is 5.11 Å². The predicted molar refractivity (Wildman–Crippen MR) is 83.6 cm³/mol. The zero-order valence-electron chi connectivity index (χ0n) is 11.5. The van der Waals surface area contributed by atoms with Crippen LogP contribution in [0.15, 0.2) is 42.5 Å². The van der Waals surface area contributed by atoms with Gasteiger partial charge in [0.05, 0.1) is 5.60 Å². The second kappa shape index (κ2) is 4.53. The van der Waals surface area contributed by atoms with Gasteiger partial charge in [-0.3, -0.25) is 0 Å². The average Bonchev–Trinajstić information content (AvgIpc) is 2.36. The molecule has 1 nitrogen and oxygen atoms in total. The van der Waals surface area contributed by atoms with E-state index in [2.05, 4.69) is 56.3 Å². The maximum absolute atomic E-state index is 11.2. The molecule has 1 unspecified atom stereocenters. The molecule has 0 bridgehead atoms. The molecule has 1 atom stereocenters. The highest BCUT2D eigenvalue weighted by Gasteiger charge is 2.40. The van der Waals surface area contributed by atoms with Gasteiger partial charge in [0.15, 0.2) is 0 Å². The maximum Gasteiger partial charge on any atom is 0.0997 e. The molecule has 1 fully saturated rings. The molecule has 2 aromatic carbocycles. The van der Waals surface area contributed by atoms with Gasteiger partial charge in [-0.15, -0.1) is 0 Å². The normalized spacial score (nSPS) is 26.5.